The molecule has 0 spiro atoms. The molecule has 0 unspecified atom stereocenters. The van der Waals surface area contributed by atoms with E-state index in [1.165, 1.54) is 0 Å². The smallest absolute Gasteiger partial charge is 0.408 e. The summed E-state index contributed by atoms with van der Waals surface area (Å²) in [6.07, 6.45) is 1.26. The Bertz CT molecular complexity index is 476. The van der Waals surface area contributed by atoms with Crippen molar-refractivity contribution in [3.05, 3.63) is 35.9 Å². The molecule has 0 aliphatic carbocycles. The highest BCUT2D eigenvalue weighted by atomic mass is 16.6. The third-order valence-corrected chi connectivity index (χ3v) is 2.56. The Morgan fingerprint density at radius 3 is 2.63 bits per heavy atom. The number of amides is 1. The van der Waals surface area contributed by atoms with Gasteiger partial charge < -0.3 is 15.8 Å². The number of hydrogen-bond acceptors (Lipinski definition) is 3. The number of alkyl carbamates (subject to hydrolysis) is 1. The minimum atomic E-state index is -0.503. The van der Waals surface area contributed by atoms with Crippen molar-refractivity contribution in [3.8, 4) is 0 Å². The van der Waals surface area contributed by atoms with Crippen LogP contribution in [0, 0.1) is 0 Å². The zero-order valence-electron chi connectivity index (χ0n) is 12.0. The van der Waals surface area contributed by atoms with E-state index in [2.05, 4.69) is 11.9 Å². The molecule has 0 saturated carbocycles. The van der Waals surface area contributed by atoms with Gasteiger partial charge in [0.05, 0.1) is 6.04 Å². The summed E-state index contributed by atoms with van der Waals surface area (Å²) in [6.45, 7) is 11.1. The predicted octanol–water partition coefficient (Wildman–Crippen LogP) is 3.50. The largest absolute Gasteiger partial charge is 0.444 e. The number of nitrogens with one attached hydrogen (secondary N) is 1. The number of benzene rings is 1. The number of hydrogen-bond donors (Lipinski definition) is 2. The first-order valence-corrected chi connectivity index (χ1v) is 6.24. The van der Waals surface area contributed by atoms with Crippen LogP contribution in [0.2, 0.25) is 0 Å². The minimum absolute atomic E-state index is 0.158. The van der Waals surface area contributed by atoms with Gasteiger partial charge in [0.15, 0.2) is 0 Å². The maximum Gasteiger partial charge on any atom is 0.408 e. The van der Waals surface area contributed by atoms with Gasteiger partial charge in [-0.1, -0.05) is 18.7 Å². The Morgan fingerprint density at radius 2 is 2.11 bits per heavy atom. The van der Waals surface area contributed by atoms with Crippen molar-refractivity contribution in [2.75, 3.05) is 5.73 Å². The molecule has 3 N–H and O–H groups in total. The average molecular weight is 262 g/mol. The van der Waals surface area contributed by atoms with Gasteiger partial charge in [-0.25, -0.2) is 4.79 Å². The lowest BCUT2D eigenvalue weighted by atomic mass is 10.0. The number of carbonyl (C=O) groups excluding carboxylic acids is 1. The molecule has 0 aliphatic heterocycles. The van der Waals surface area contributed by atoms with E-state index in [0.717, 1.165) is 11.1 Å². The molecular weight excluding hydrogens is 240 g/mol. The number of carbonyl (C=O) groups is 1. The molecule has 0 aromatic heterocycles. The van der Waals surface area contributed by atoms with Crippen LogP contribution in [0.1, 0.15) is 44.9 Å². The van der Waals surface area contributed by atoms with Gasteiger partial charge in [0.2, 0.25) is 0 Å². The van der Waals surface area contributed by atoms with Crippen LogP contribution in [0.25, 0.3) is 6.08 Å². The Kier molecular flexibility index (Phi) is 4.59. The maximum absolute atomic E-state index is 11.7. The Labute approximate surface area is 114 Å². The summed E-state index contributed by atoms with van der Waals surface area (Å²) < 4.78 is 5.22. The van der Waals surface area contributed by atoms with E-state index < -0.39 is 11.7 Å². The van der Waals surface area contributed by atoms with Crippen molar-refractivity contribution >= 4 is 17.9 Å². The van der Waals surface area contributed by atoms with Crippen LogP contribution in [0.15, 0.2) is 24.8 Å². The maximum atomic E-state index is 11.7. The molecule has 1 atom stereocenters. The highest BCUT2D eigenvalue weighted by molar-refractivity contribution is 5.69. The van der Waals surface area contributed by atoms with Crippen LogP contribution in [-0.4, -0.2) is 11.7 Å². The van der Waals surface area contributed by atoms with Crippen molar-refractivity contribution in [2.24, 2.45) is 0 Å². The number of nitrogen functional groups attached to an aromatic ring is 1. The van der Waals surface area contributed by atoms with Crippen LogP contribution in [0.5, 0.6) is 0 Å². The van der Waals surface area contributed by atoms with Crippen LogP contribution in [-0.2, 0) is 4.74 Å². The number of anilines is 1. The summed E-state index contributed by atoms with van der Waals surface area (Å²) in [5.74, 6) is 0. The third kappa shape index (κ3) is 4.66. The second-order valence-corrected chi connectivity index (χ2v) is 5.46. The normalized spacial score (nSPS) is 12.6. The molecule has 0 radical (unpaired) electrons. The van der Waals surface area contributed by atoms with Gasteiger partial charge in [0.1, 0.15) is 5.60 Å². The third-order valence-electron chi connectivity index (χ3n) is 2.56. The van der Waals surface area contributed by atoms with E-state index in [1.807, 2.05) is 39.8 Å². The molecule has 19 heavy (non-hydrogen) atoms. The molecule has 4 heteroatoms. The lowest BCUT2D eigenvalue weighted by Gasteiger charge is -2.22. The van der Waals surface area contributed by atoms with Crippen molar-refractivity contribution in [1.29, 1.82) is 0 Å². The van der Waals surface area contributed by atoms with Crippen LogP contribution >= 0.6 is 0 Å². The Morgan fingerprint density at radius 1 is 1.47 bits per heavy atom. The van der Waals surface area contributed by atoms with E-state index in [4.69, 9.17) is 10.5 Å². The zero-order chi connectivity index (χ0) is 14.6. The van der Waals surface area contributed by atoms with Crippen molar-refractivity contribution < 1.29 is 9.53 Å². The van der Waals surface area contributed by atoms with E-state index in [9.17, 15) is 4.79 Å². The number of ether oxygens (including phenoxy) is 1. The van der Waals surface area contributed by atoms with Crippen molar-refractivity contribution in [3.63, 3.8) is 0 Å². The molecule has 1 aromatic rings. The molecule has 1 amide bonds. The molecule has 0 aliphatic rings. The average Bonchev–Trinajstić information content (AvgIpc) is 2.26. The van der Waals surface area contributed by atoms with Crippen LogP contribution in [0.3, 0.4) is 0 Å². The molecule has 0 heterocycles. The quantitative estimate of drug-likeness (QED) is 0.819. The standard InChI is InChI=1S/C15H22N2O2/c1-6-11-9-12(7-8-13(11)16)10(2)17-14(18)19-15(3,4)5/h6-10H,1,16H2,2-5H3,(H,17,18)/t10-/m1/s1. The monoisotopic (exact) mass is 262 g/mol. The van der Waals surface area contributed by atoms with Crippen molar-refractivity contribution in [1.82, 2.24) is 5.32 Å². The molecule has 0 bridgehead atoms. The molecular formula is C15H22N2O2. The first-order chi connectivity index (χ1) is 8.73. The summed E-state index contributed by atoms with van der Waals surface area (Å²) in [5, 5.41) is 2.79. The van der Waals surface area contributed by atoms with E-state index in [0.29, 0.717) is 5.69 Å². The Hall–Kier alpha value is -1.97. The van der Waals surface area contributed by atoms with Crippen LogP contribution in [0.4, 0.5) is 10.5 Å². The van der Waals surface area contributed by atoms with Gasteiger partial charge in [-0.15, -0.1) is 0 Å². The van der Waals surface area contributed by atoms with E-state index >= 15 is 0 Å². The minimum Gasteiger partial charge on any atom is -0.444 e. The second-order valence-electron chi connectivity index (χ2n) is 5.46. The lowest BCUT2D eigenvalue weighted by Crippen LogP contribution is -2.34. The van der Waals surface area contributed by atoms with Gasteiger partial charge in [0.25, 0.3) is 0 Å². The summed E-state index contributed by atoms with van der Waals surface area (Å²) in [6, 6.07) is 5.43. The molecule has 4 nitrogen and oxygen atoms in total. The van der Waals surface area contributed by atoms with E-state index in [-0.39, 0.29) is 6.04 Å². The Balaban J connectivity index is 2.76. The summed E-state index contributed by atoms with van der Waals surface area (Å²) >= 11 is 0. The lowest BCUT2D eigenvalue weighted by molar-refractivity contribution is 0.0508. The number of nitrogens with two attached hydrogens (primary N) is 1. The molecule has 0 saturated heterocycles. The SMILES string of the molecule is C=Cc1cc([C@@H](C)NC(=O)OC(C)(C)C)ccc1N. The molecule has 1 aromatic carbocycles. The second kappa shape index (κ2) is 5.78. The fourth-order valence-electron chi connectivity index (χ4n) is 1.61. The molecule has 104 valence electrons. The van der Waals surface area contributed by atoms with Gasteiger partial charge in [-0.2, -0.15) is 0 Å². The fraction of sp³-hybridized carbons (Fsp3) is 0.400. The van der Waals surface area contributed by atoms with Crippen LogP contribution < -0.4 is 11.1 Å². The number of rotatable bonds is 3. The first kappa shape index (κ1) is 15.1. The first-order valence-electron chi connectivity index (χ1n) is 6.24. The predicted molar refractivity (Wildman–Crippen MR) is 78.7 cm³/mol. The molecule has 1 rings (SSSR count). The van der Waals surface area contributed by atoms with E-state index in [1.54, 1.807) is 12.1 Å². The topological polar surface area (TPSA) is 64.3 Å². The van der Waals surface area contributed by atoms with Gasteiger partial charge in [0, 0.05) is 5.69 Å². The fourth-order valence-corrected chi connectivity index (χ4v) is 1.61. The summed E-state index contributed by atoms with van der Waals surface area (Å²) in [4.78, 5) is 11.7. The zero-order valence-corrected chi connectivity index (χ0v) is 12.0. The van der Waals surface area contributed by atoms with Gasteiger partial charge >= 0.3 is 6.09 Å². The van der Waals surface area contributed by atoms with Gasteiger partial charge in [-0.3, -0.25) is 0 Å². The highest BCUT2D eigenvalue weighted by Crippen LogP contribution is 2.20. The van der Waals surface area contributed by atoms with Crippen molar-refractivity contribution in [2.45, 2.75) is 39.3 Å². The molecule has 0 fully saturated rings. The summed E-state index contributed by atoms with van der Waals surface area (Å²) in [5.41, 5.74) is 7.78. The summed E-state index contributed by atoms with van der Waals surface area (Å²) in [7, 11) is 0. The highest BCUT2D eigenvalue weighted by Gasteiger charge is 2.18. The van der Waals surface area contributed by atoms with Gasteiger partial charge in [-0.05, 0) is 51.0 Å².